The molecule has 0 bridgehead atoms. The standard InChI is InChI=1S/C69H53N3.H2S2/c1-3-50-19-13-14-28-63(50)65-48-62(40-33-49(65)2)70(57-24-9-5-10-25-57)59-41-36-53(37-42-59)55-22-17-23-56(47-55)54-38-45-61(46-39-54)71(60-43-34-52(35-44-60)51-20-7-4-8-21-51)67-31-18-32-68-69(67)64-29-15-16-30-66(64)72(68)58-26-11-6-12-27-58;1-2/h4-48H,3H2,1-2H3;1-2H. The Labute approximate surface area is 445 Å². The second-order valence-electron chi connectivity index (χ2n) is 18.5. The lowest BCUT2D eigenvalue weighted by Crippen LogP contribution is -2.10. The molecule has 358 valence electrons. The summed E-state index contributed by atoms with van der Waals surface area (Å²) in [7, 11) is 0. The Kier molecular flexibility index (Phi) is 14.0. The molecule has 0 saturated carbocycles. The summed E-state index contributed by atoms with van der Waals surface area (Å²) in [5, 5.41) is 2.42. The molecule has 12 aromatic rings. The minimum absolute atomic E-state index is 0.986. The Morgan fingerprint density at radius 3 is 1.45 bits per heavy atom. The van der Waals surface area contributed by atoms with Gasteiger partial charge in [-0.05, 0) is 166 Å². The number of rotatable bonds is 12. The van der Waals surface area contributed by atoms with Crippen LogP contribution < -0.4 is 9.80 Å². The van der Waals surface area contributed by atoms with Crippen LogP contribution >= 0.6 is 23.3 Å². The molecular formula is C69H55N3S2. The lowest BCUT2D eigenvalue weighted by atomic mass is 9.94. The van der Waals surface area contributed by atoms with Crippen molar-refractivity contribution < 1.29 is 0 Å². The number of thiol groups is 2. The summed E-state index contributed by atoms with van der Waals surface area (Å²) in [5.41, 5.74) is 22.4. The van der Waals surface area contributed by atoms with Gasteiger partial charge in [0.25, 0.3) is 0 Å². The van der Waals surface area contributed by atoms with E-state index < -0.39 is 0 Å². The number of anilines is 6. The van der Waals surface area contributed by atoms with Crippen molar-refractivity contribution in [3.63, 3.8) is 0 Å². The lowest BCUT2D eigenvalue weighted by Gasteiger charge is -2.27. The van der Waals surface area contributed by atoms with Crippen LogP contribution in [0.25, 0.3) is 72.0 Å². The van der Waals surface area contributed by atoms with E-state index in [4.69, 9.17) is 0 Å². The SMILES string of the molecule is CCc1ccccc1-c1cc(N(c2ccccc2)c2ccc(-c3cccc(-c4ccc(N(c5ccc(-c6ccccc6)cc5)c5cccc6c5c5ccccc5n6-c5ccccc5)cc4)c3)cc2)ccc1C.SS. The number of aryl methyl sites for hydroxylation is 2. The molecule has 5 heteroatoms. The summed E-state index contributed by atoms with van der Waals surface area (Å²) < 4.78 is 2.39. The van der Waals surface area contributed by atoms with E-state index in [0.717, 1.165) is 57.3 Å². The average molecular weight is 990 g/mol. The smallest absolute Gasteiger partial charge is 0.0562 e. The Bertz CT molecular complexity index is 3830. The molecule has 0 amide bonds. The predicted octanol–water partition coefficient (Wildman–Crippen LogP) is 20.0. The molecule has 1 heterocycles. The first kappa shape index (κ1) is 47.8. The van der Waals surface area contributed by atoms with Crippen molar-refractivity contribution in [2.75, 3.05) is 9.80 Å². The van der Waals surface area contributed by atoms with Gasteiger partial charge in [-0.1, -0.05) is 183 Å². The van der Waals surface area contributed by atoms with E-state index in [-0.39, 0.29) is 0 Å². The van der Waals surface area contributed by atoms with Gasteiger partial charge < -0.3 is 14.4 Å². The van der Waals surface area contributed by atoms with Crippen LogP contribution in [0.5, 0.6) is 0 Å². The fourth-order valence-electron chi connectivity index (χ4n) is 10.5. The summed E-state index contributed by atoms with van der Waals surface area (Å²) in [6.07, 6.45) is 0.986. The van der Waals surface area contributed by atoms with Crippen LogP contribution in [0.3, 0.4) is 0 Å². The zero-order chi connectivity index (χ0) is 50.4. The number of para-hydroxylation sites is 3. The highest BCUT2D eigenvalue weighted by Crippen LogP contribution is 2.45. The third-order valence-corrected chi connectivity index (χ3v) is 14.1. The largest absolute Gasteiger partial charge is 0.310 e. The molecule has 1 aromatic heterocycles. The Morgan fingerprint density at radius 2 is 0.811 bits per heavy atom. The monoisotopic (exact) mass is 989 g/mol. The third-order valence-electron chi connectivity index (χ3n) is 14.1. The van der Waals surface area contributed by atoms with Gasteiger partial charge in [-0.25, -0.2) is 0 Å². The summed E-state index contributed by atoms with van der Waals surface area (Å²) in [6, 6.07) is 99.1. The van der Waals surface area contributed by atoms with Crippen LogP contribution in [-0.4, -0.2) is 4.57 Å². The molecule has 0 aliphatic heterocycles. The van der Waals surface area contributed by atoms with E-state index in [1.165, 1.54) is 66.4 Å². The van der Waals surface area contributed by atoms with Crippen LogP contribution in [-0.2, 0) is 6.42 Å². The van der Waals surface area contributed by atoms with Gasteiger partial charge in [-0.15, -0.1) is 23.3 Å². The molecule has 74 heavy (non-hydrogen) atoms. The summed E-state index contributed by atoms with van der Waals surface area (Å²) in [5.74, 6) is 0. The maximum atomic E-state index is 3.22. The van der Waals surface area contributed by atoms with E-state index in [0.29, 0.717) is 0 Å². The zero-order valence-corrected chi connectivity index (χ0v) is 43.2. The molecule has 0 aliphatic rings. The molecular weight excluding hydrogens is 935 g/mol. The van der Waals surface area contributed by atoms with Gasteiger partial charge in [0.05, 0.1) is 16.7 Å². The van der Waals surface area contributed by atoms with Crippen molar-refractivity contribution >= 4 is 79.3 Å². The van der Waals surface area contributed by atoms with Crippen LogP contribution in [0.2, 0.25) is 0 Å². The van der Waals surface area contributed by atoms with Crippen molar-refractivity contribution in [3.05, 3.63) is 284 Å². The fourth-order valence-corrected chi connectivity index (χ4v) is 10.5. The highest BCUT2D eigenvalue weighted by molar-refractivity contribution is 8.59. The molecule has 0 saturated heterocycles. The zero-order valence-electron chi connectivity index (χ0n) is 41.4. The highest BCUT2D eigenvalue weighted by atomic mass is 33.1. The Morgan fingerprint density at radius 1 is 0.351 bits per heavy atom. The van der Waals surface area contributed by atoms with Gasteiger partial charge in [0.2, 0.25) is 0 Å². The minimum atomic E-state index is 0.986. The summed E-state index contributed by atoms with van der Waals surface area (Å²) in [4.78, 5) is 4.78. The quantitative estimate of drug-likeness (QED) is 0.0934. The Balaban J connectivity index is 0.00000291. The Hall–Kier alpha value is -8.48. The number of fused-ring (bicyclic) bond motifs is 3. The van der Waals surface area contributed by atoms with Gasteiger partial charge >= 0.3 is 0 Å². The summed E-state index contributed by atoms with van der Waals surface area (Å²) in [6.45, 7) is 4.45. The highest BCUT2D eigenvalue weighted by Gasteiger charge is 2.22. The number of hydrogen-bond donors (Lipinski definition) is 2. The van der Waals surface area contributed by atoms with Gasteiger partial charge in [-0.2, -0.15) is 0 Å². The number of aromatic nitrogens is 1. The molecule has 0 aliphatic carbocycles. The van der Waals surface area contributed by atoms with E-state index in [9.17, 15) is 0 Å². The molecule has 0 unspecified atom stereocenters. The molecule has 12 rings (SSSR count). The van der Waals surface area contributed by atoms with Gasteiger partial charge in [0, 0.05) is 44.9 Å². The van der Waals surface area contributed by atoms with Crippen molar-refractivity contribution in [2.45, 2.75) is 20.3 Å². The number of benzene rings is 11. The summed E-state index contributed by atoms with van der Waals surface area (Å²) >= 11 is 6.44. The van der Waals surface area contributed by atoms with Crippen molar-refractivity contribution in [2.24, 2.45) is 0 Å². The fraction of sp³-hybridized carbons (Fsp3) is 0.0435. The minimum Gasteiger partial charge on any atom is -0.310 e. The molecule has 11 aromatic carbocycles. The predicted molar refractivity (Wildman–Crippen MR) is 324 cm³/mol. The van der Waals surface area contributed by atoms with Gasteiger partial charge in [0.1, 0.15) is 0 Å². The van der Waals surface area contributed by atoms with Gasteiger partial charge in [0.15, 0.2) is 0 Å². The van der Waals surface area contributed by atoms with Crippen LogP contribution in [0.4, 0.5) is 34.1 Å². The first-order valence-electron chi connectivity index (χ1n) is 25.2. The van der Waals surface area contributed by atoms with Crippen molar-refractivity contribution in [1.29, 1.82) is 0 Å². The molecule has 0 fully saturated rings. The van der Waals surface area contributed by atoms with Crippen molar-refractivity contribution in [3.8, 4) is 50.2 Å². The van der Waals surface area contributed by atoms with E-state index in [1.807, 2.05) is 0 Å². The second kappa shape index (κ2) is 21.7. The first-order valence-corrected chi connectivity index (χ1v) is 26.8. The maximum Gasteiger partial charge on any atom is 0.0562 e. The average Bonchev–Trinajstić information content (AvgIpc) is 3.83. The normalized spacial score (nSPS) is 11.0. The number of hydrogen-bond acceptors (Lipinski definition) is 4. The molecule has 0 radical (unpaired) electrons. The van der Waals surface area contributed by atoms with Crippen LogP contribution in [0.1, 0.15) is 18.1 Å². The second-order valence-corrected chi connectivity index (χ2v) is 18.5. The first-order chi connectivity index (χ1) is 36.6. The molecule has 0 N–H and O–H groups in total. The number of nitrogens with zero attached hydrogens (tertiary/aromatic N) is 3. The van der Waals surface area contributed by atoms with Crippen LogP contribution in [0.15, 0.2) is 273 Å². The topological polar surface area (TPSA) is 11.4 Å². The van der Waals surface area contributed by atoms with E-state index in [1.54, 1.807) is 0 Å². The molecule has 3 nitrogen and oxygen atoms in total. The van der Waals surface area contributed by atoms with E-state index >= 15 is 0 Å². The lowest BCUT2D eigenvalue weighted by molar-refractivity contribution is 1.14. The maximum absolute atomic E-state index is 3.22. The van der Waals surface area contributed by atoms with Gasteiger partial charge in [-0.3, -0.25) is 0 Å². The third kappa shape index (κ3) is 9.40. The molecule has 0 spiro atoms. The van der Waals surface area contributed by atoms with Crippen LogP contribution in [0, 0.1) is 6.92 Å². The molecule has 0 atom stereocenters. The van der Waals surface area contributed by atoms with E-state index in [2.05, 4.69) is 325 Å². The van der Waals surface area contributed by atoms with Crippen molar-refractivity contribution in [1.82, 2.24) is 4.57 Å².